The Morgan fingerprint density at radius 2 is 2.00 bits per heavy atom. The van der Waals surface area contributed by atoms with E-state index in [2.05, 4.69) is 0 Å². The summed E-state index contributed by atoms with van der Waals surface area (Å²) in [5, 5.41) is 11.6. The molecule has 0 radical (unpaired) electrons. The first-order valence-electron chi connectivity index (χ1n) is 6.54. The van der Waals surface area contributed by atoms with Gasteiger partial charge in [0.1, 0.15) is 5.60 Å². The highest BCUT2D eigenvalue weighted by molar-refractivity contribution is 5.85. The van der Waals surface area contributed by atoms with E-state index < -0.39 is 35.1 Å². The maximum Gasteiger partial charge on any atom is 0.352 e. The molecule has 0 bridgehead atoms. The first-order chi connectivity index (χ1) is 9.69. The Kier molecular flexibility index (Phi) is 3.97. The first kappa shape index (κ1) is 15.8. The molecule has 1 amide bonds. The van der Waals surface area contributed by atoms with Gasteiger partial charge in [0.2, 0.25) is 0 Å². The summed E-state index contributed by atoms with van der Waals surface area (Å²) in [4.78, 5) is 11.6. The highest BCUT2D eigenvalue weighted by Crippen LogP contribution is 2.44. The smallest absolute Gasteiger partial charge is 0.352 e. The fourth-order valence-electron chi connectivity index (χ4n) is 2.26. The van der Waals surface area contributed by atoms with Gasteiger partial charge in [0, 0.05) is 5.56 Å². The Morgan fingerprint density at radius 3 is 2.52 bits per heavy atom. The predicted octanol–water partition coefficient (Wildman–Crippen LogP) is 2.69. The fourth-order valence-corrected chi connectivity index (χ4v) is 2.26. The molecular formula is C14H15F4NO2. The van der Waals surface area contributed by atoms with Gasteiger partial charge >= 0.3 is 5.92 Å². The summed E-state index contributed by atoms with van der Waals surface area (Å²) in [5.41, 5.74) is -2.59. The summed E-state index contributed by atoms with van der Waals surface area (Å²) < 4.78 is 54.4. The van der Waals surface area contributed by atoms with Crippen LogP contribution in [0.5, 0.6) is 0 Å². The number of hydrogen-bond donors (Lipinski definition) is 2. The molecule has 116 valence electrons. The molecule has 2 N–H and O–H groups in total. The van der Waals surface area contributed by atoms with Crippen molar-refractivity contribution in [2.24, 2.45) is 0 Å². The second-order valence-electron chi connectivity index (χ2n) is 5.30. The molecule has 1 aromatic carbocycles. The van der Waals surface area contributed by atoms with Crippen molar-refractivity contribution in [2.75, 3.05) is 0 Å². The van der Waals surface area contributed by atoms with Crippen LogP contribution in [0.3, 0.4) is 0 Å². The fraction of sp³-hybridized carbons (Fsp3) is 0.500. The van der Waals surface area contributed by atoms with Crippen LogP contribution < -0.4 is 5.32 Å². The number of carbonyl (C=O) groups is 1. The van der Waals surface area contributed by atoms with Gasteiger partial charge in [-0.15, -0.1) is 0 Å². The molecule has 0 saturated heterocycles. The van der Waals surface area contributed by atoms with Crippen LogP contribution in [0, 0.1) is 11.6 Å². The van der Waals surface area contributed by atoms with Gasteiger partial charge in [0.15, 0.2) is 11.6 Å². The summed E-state index contributed by atoms with van der Waals surface area (Å²) in [6.07, 6.45) is 0.0691. The van der Waals surface area contributed by atoms with Gasteiger partial charge in [-0.1, -0.05) is 12.1 Å². The highest BCUT2D eigenvalue weighted by Gasteiger charge is 2.61. The van der Waals surface area contributed by atoms with Crippen molar-refractivity contribution >= 4 is 5.91 Å². The van der Waals surface area contributed by atoms with Crippen molar-refractivity contribution in [3.05, 3.63) is 35.4 Å². The van der Waals surface area contributed by atoms with Crippen molar-refractivity contribution in [1.82, 2.24) is 5.32 Å². The first-order valence-corrected chi connectivity index (χ1v) is 6.54. The zero-order valence-corrected chi connectivity index (χ0v) is 11.3. The Bertz CT molecular complexity index is 558. The number of hydrogen-bond acceptors (Lipinski definition) is 2. The number of amides is 1. The number of rotatable bonds is 4. The molecule has 1 fully saturated rings. The minimum Gasteiger partial charge on any atom is -0.383 e. The number of carbonyl (C=O) groups excluding carboxylic acids is 1. The van der Waals surface area contributed by atoms with E-state index in [-0.39, 0.29) is 18.4 Å². The zero-order chi connectivity index (χ0) is 15.8. The average molecular weight is 305 g/mol. The molecule has 7 heteroatoms. The Hall–Kier alpha value is -1.63. The predicted molar refractivity (Wildman–Crippen MR) is 66.7 cm³/mol. The lowest BCUT2D eigenvalue weighted by atomic mass is 9.75. The lowest BCUT2D eigenvalue weighted by molar-refractivity contribution is -0.216. The number of halogens is 4. The van der Waals surface area contributed by atoms with Crippen LogP contribution in [0.2, 0.25) is 0 Å². The molecule has 2 rings (SSSR count). The molecule has 0 heterocycles. The van der Waals surface area contributed by atoms with Crippen LogP contribution in [-0.2, 0) is 4.79 Å². The van der Waals surface area contributed by atoms with Gasteiger partial charge < -0.3 is 10.4 Å². The highest BCUT2D eigenvalue weighted by atomic mass is 19.3. The van der Waals surface area contributed by atoms with E-state index in [0.29, 0.717) is 6.42 Å². The zero-order valence-electron chi connectivity index (χ0n) is 11.3. The summed E-state index contributed by atoms with van der Waals surface area (Å²) >= 11 is 0. The van der Waals surface area contributed by atoms with Crippen LogP contribution in [0.15, 0.2) is 18.2 Å². The van der Waals surface area contributed by atoms with Crippen molar-refractivity contribution in [2.45, 2.75) is 43.8 Å². The third-order valence-corrected chi connectivity index (χ3v) is 3.85. The van der Waals surface area contributed by atoms with Crippen LogP contribution >= 0.6 is 0 Å². The van der Waals surface area contributed by atoms with Gasteiger partial charge in [-0.3, -0.25) is 4.79 Å². The van der Waals surface area contributed by atoms with E-state index in [1.54, 1.807) is 0 Å². The minimum absolute atomic E-state index is 0.171. The Balaban J connectivity index is 2.14. The second-order valence-corrected chi connectivity index (χ2v) is 5.30. The largest absolute Gasteiger partial charge is 0.383 e. The quantitative estimate of drug-likeness (QED) is 0.840. The van der Waals surface area contributed by atoms with Gasteiger partial charge in [-0.05, 0) is 32.3 Å². The summed E-state index contributed by atoms with van der Waals surface area (Å²) in [6, 6.07) is 2.15. The maximum atomic E-state index is 13.9. The number of aliphatic hydroxyl groups is 1. The Morgan fingerprint density at radius 1 is 1.38 bits per heavy atom. The van der Waals surface area contributed by atoms with Gasteiger partial charge in [-0.2, -0.15) is 8.78 Å². The van der Waals surface area contributed by atoms with Crippen LogP contribution in [0.25, 0.3) is 0 Å². The van der Waals surface area contributed by atoms with Gasteiger partial charge in [0.25, 0.3) is 5.91 Å². The molecular weight excluding hydrogens is 290 g/mol. The molecule has 1 saturated carbocycles. The Labute approximate surface area is 119 Å². The third-order valence-electron chi connectivity index (χ3n) is 3.85. The summed E-state index contributed by atoms with van der Waals surface area (Å²) in [7, 11) is 0. The van der Waals surface area contributed by atoms with Crippen molar-refractivity contribution in [3.8, 4) is 0 Å². The number of benzene rings is 1. The average Bonchev–Trinajstić information content (AvgIpc) is 2.38. The third kappa shape index (κ3) is 2.62. The topological polar surface area (TPSA) is 49.3 Å². The molecule has 1 atom stereocenters. The van der Waals surface area contributed by atoms with Crippen LogP contribution in [-0.4, -0.2) is 22.5 Å². The summed E-state index contributed by atoms with van der Waals surface area (Å²) in [6.45, 7) is 1.26. The van der Waals surface area contributed by atoms with E-state index in [9.17, 15) is 27.5 Å². The van der Waals surface area contributed by atoms with Crippen molar-refractivity contribution in [3.63, 3.8) is 0 Å². The van der Waals surface area contributed by atoms with Crippen LogP contribution in [0.1, 0.15) is 37.8 Å². The molecule has 3 nitrogen and oxygen atoms in total. The lowest BCUT2D eigenvalue weighted by Crippen LogP contribution is -2.60. The molecule has 1 aromatic rings. The maximum absolute atomic E-state index is 13.9. The van der Waals surface area contributed by atoms with Crippen LogP contribution in [0.4, 0.5) is 17.6 Å². The standard InChI is InChI=1S/C14H15F4NO2/c1-8(9-4-2-5-10(15)11(9)16)19-12(20)14(17,18)13(21)6-3-7-13/h2,4-5,8,21H,3,6-7H2,1H3,(H,19,20). The van der Waals surface area contributed by atoms with Gasteiger partial charge in [-0.25, -0.2) is 8.78 Å². The van der Waals surface area contributed by atoms with E-state index in [0.717, 1.165) is 6.07 Å². The SMILES string of the molecule is CC(NC(=O)C(F)(F)C1(O)CCC1)c1cccc(F)c1F. The normalized spacial score (nSPS) is 18.8. The minimum atomic E-state index is -3.97. The van der Waals surface area contributed by atoms with Crippen molar-refractivity contribution < 1.29 is 27.5 Å². The summed E-state index contributed by atoms with van der Waals surface area (Å²) in [5.74, 6) is -7.99. The van der Waals surface area contributed by atoms with E-state index in [1.807, 2.05) is 5.32 Å². The molecule has 21 heavy (non-hydrogen) atoms. The van der Waals surface area contributed by atoms with E-state index in [1.165, 1.54) is 19.1 Å². The van der Waals surface area contributed by atoms with Crippen molar-refractivity contribution in [1.29, 1.82) is 0 Å². The molecule has 0 aliphatic heterocycles. The molecule has 1 aliphatic carbocycles. The second kappa shape index (κ2) is 5.29. The van der Waals surface area contributed by atoms with E-state index >= 15 is 0 Å². The molecule has 1 unspecified atom stereocenters. The lowest BCUT2D eigenvalue weighted by Gasteiger charge is -2.41. The molecule has 0 aromatic heterocycles. The molecule has 1 aliphatic rings. The molecule has 0 spiro atoms. The monoisotopic (exact) mass is 305 g/mol. The number of nitrogens with one attached hydrogen (secondary N) is 1. The van der Waals surface area contributed by atoms with E-state index in [4.69, 9.17) is 0 Å². The van der Waals surface area contributed by atoms with Gasteiger partial charge in [0.05, 0.1) is 6.04 Å². The number of alkyl halides is 2.